The Kier molecular flexibility index (Phi) is 4.88. The van der Waals surface area contributed by atoms with E-state index in [1.807, 2.05) is 36.4 Å². The van der Waals surface area contributed by atoms with Gasteiger partial charge in [0.2, 0.25) is 5.88 Å². The Bertz CT molecular complexity index is 949. The van der Waals surface area contributed by atoms with Gasteiger partial charge in [-0.25, -0.2) is 4.98 Å². The van der Waals surface area contributed by atoms with E-state index in [9.17, 15) is 10.1 Å². The van der Waals surface area contributed by atoms with Crippen LogP contribution < -0.4 is 15.2 Å². The van der Waals surface area contributed by atoms with Crippen LogP contribution in [0.5, 0.6) is 11.6 Å². The first-order valence-corrected chi connectivity index (χ1v) is 7.62. The predicted octanol–water partition coefficient (Wildman–Crippen LogP) is 2.55. The third-order valence-corrected chi connectivity index (χ3v) is 3.54. The lowest BCUT2D eigenvalue weighted by atomic mass is 10.1. The first-order chi connectivity index (χ1) is 12.2. The molecular weight excluding hydrogens is 318 g/mol. The molecule has 0 radical (unpaired) electrons. The van der Waals surface area contributed by atoms with Crippen molar-refractivity contribution in [2.75, 3.05) is 6.54 Å². The Balaban J connectivity index is 1.87. The fraction of sp³-hybridized carbons (Fsp3) is 0.105. The third kappa shape index (κ3) is 3.74. The van der Waals surface area contributed by atoms with Crippen LogP contribution in [0, 0.1) is 11.3 Å². The molecule has 3 aromatic rings. The molecule has 1 aromatic heterocycles. The summed E-state index contributed by atoms with van der Waals surface area (Å²) in [5.74, 6) is 0.0174. The first kappa shape index (κ1) is 16.4. The van der Waals surface area contributed by atoms with Crippen molar-refractivity contribution in [2.45, 2.75) is 6.61 Å². The predicted molar refractivity (Wildman–Crippen MR) is 91.9 cm³/mol. The second kappa shape index (κ2) is 7.43. The van der Waals surface area contributed by atoms with Crippen molar-refractivity contribution in [3.63, 3.8) is 0 Å². The van der Waals surface area contributed by atoms with Crippen LogP contribution in [-0.2, 0) is 11.4 Å². The molecule has 1 heterocycles. The zero-order valence-electron chi connectivity index (χ0n) is 13.3. The number of rotatable bonds is 5. The summed E-state index contributed by atoms with van der Waals surface area (Å²) in [6, 6.07) is 18.4. The fourth-order valence-corrected chi connectivity index (χ4v) is 2.34. The van der Waals surface area contributed by atoms with E-state index in [4.69, 9.17) is 15.2 Å². The Hall–Kier alpha value is -3.43. The average molecular weight is 333 g/mol. The highest BCUT2D eigenvalue weighted by Gasteiger charge is 2.13. The molecule has 2 aromatic carbocycles. The van der Waals surface area contributed by atoms with E-state index in [-0.39, 0.29) is 17.9 Å². The first-order valence-electron chi connectivity index (χ1n) is 7.62. The monoisotopic (exact) mass is 333 g/mol. The molecule has 2 N–H and O–H groups in total. The third-order valence-electron chi connectivity index (χ3n) is 3.54. The molecule has 0 saturated heterocycles. The normalized spacial score (nSPS) is 10.2. The van der Waals surface area contributed by atoms with Crippen LogP contribution in [0.25, 0.3) is 10.9 Å². The number of hydrogen-bond acceptors (Lipinski definition) is 6. The van der Waals surface area contributed by atoms with Gasteiger partial charge < -0.3 is 15.2 Å². The second-order valence-electron chi connectivity index (χ2n) is 5.22. The highest BCUT2D eigenvalue weighted by Crippen LogP contribution is 2.28. The SMILES string of the molecule is N#Cc1c(OC(=O)CN)ccc2nc(OCc3ccccc3)ccc12. The molecule has 0 spiro atoms. The summed E-state index contributed by atoms with van der Waals surface area (Å²) in [6.07, 6.45) is 0. The Morgan fingerprint density at radius 3 is 2.64 bits per heavy atom. The summed E-state index contributed by atoms with van der Waals surface area (Å²) in [6.45, 7) is 0.143. The van der Waals surface area contributed by atoms with Crippen molar-refractivity contribution in [2.24, 2.45) is 5.73 Å². The molecule has 0 amide bonds. The number of nitrogens with two attached hydrogens (primary N) is 1. The van der Waals surface area contributed by atoms with E-state index in [0.29, 0.717) is 23.4 Å². The van der Waals surface area contributed by atoms with E-state index < -0.39 is 5.97 Å². The Morgan fingerprint density at radius 2 is 1.92 bits per heavy atom. The summed E-state index contributed by atoms with van der Waals surface area (Å²) in [5, 5.41) is 9.97. The van der Waals surface area contributed by atoms with Gasteiger partial charge in [0.05, 0.1) is 12.1 Å². The molecule has 6 heteroatoms. The van der Waals surface area contributed by atoms with Gasteiger partial charge >= 0.3 is 5.97 Å². The molecule has 0 atom stereocenters. The maximum Gasteiger partial charge on any atom is 0.325 e. The number of aromatic nitrogens is 1. The van der Waals surface area contributed by atoms with Gasteiger partial charge in [-0.05, 0) is 23.8 Å². The number of esters is 1. The number of hydrogen-bond donors (Lipinski definition) is 1. The van der Waals surface area contributed by atoms with Crippen molar-refractivity contribution < 1.29 is 14.3 Å². The van der Waals surface area contributed by atoms with E-state index in [1.54, 1.807) is 18.2 Å². The maximum absolute atomic E-state index is 11.4. The lowest BCUT2D eigenvalue weighted by Gasteiger charge is -2.09. The molecule has 25 heavy (non-hydrogen) atoms. The molecule has 3 rings (SSSR count). The fourth-order valence-electron chi connectivity index (χ4n) is 2.34. The molecular formula is C19H15N3O3. The van der Waals surface area contributed by atoms with Crippen LogP contribution in [0.1, 0.15) is 11.1 Å². The number of pyridine rings is 1. The summed E-state index contributed by atoms with van der Waals surface area (Å²) in [4.78, 5) is 15.8. The molecule has 0 fully saturated rings. The van der Waals surface area contributed by atoms with Crippen molar-refractivity contribution >= 4 is 16.9 Å². The smallest absolute Gasteiger partial charge is 0.325 e. The Labute approximate surface area is 144 Å². The zero-order chi connectivity index (χ0) is 17.6. The van der Waals surface area contributed by atoms with Gasteiger partial charge in [0.1, 0.15) is 24.0 Å². The van der Waals surface area contributed by atoms with Crippen molar-refractivity contribution in [1.29, 1.82) is 5.26 Å². The minimum atomic E-state index is -0.605. The van der Waals surface area contributed by atoms with Gasteiger partial charge in [0, 0.05) is 11.5 Å². The number of nitrogens with zero attached hydrogens (tertiary/aromatic N) is 2. The second-order valence-corrected chi connectivity index (χ2v) is 5.22. The highest BCUT2D eigenvalue weighted by molar-refractivity contribution is 5.89. The van der Waals surface area contributed by atoms with Gasteiger partial charge in [-0.15, -0.1) is 0 Å². The average Bonchev–Trinajstić information content (AvgIpc) is 2.66. The minimum absolute atomic E-state index is 0.171. The van der Waals surface area contributed by atoms with Crippen LogP contribution in [0.15, 0.2) is 54.6 Å². The molecule has 6 nitrogen and oxygen atoms in total. The molecule has 124 valence electrons. The van der Waals surface area contributed by atoms with Gasteiger partial charge in [-0.3, -0.25) is 4.79 Å². The van der Waals surface area contributed by atoms with Crippen LogP contribution in [-0.4, -0.2) is 17.5 Å². The van der Waals surface area contributed by atoms with Crippen LogP contribution in [0.3, 0.4) is 0 Å². The topological polar surface area (TPSA) is 98.2 Å². The summed E-state index contributed by atoms with van der Waals surface area (Å²) in [7, 11) is 0. The molecule has 0 unspecified atom stereocenters. The van der Waals surface area contributed by atoms with Crippen molar-refractivity contribution in [3.05, 3.63) is 65.7 Å². The molecule has 0 bridgehead atoms. The van der Waals surface area contributed by atoms with E-state index in [1.165, 1.54) is 6.07 Å². The molecule has 0 aliphatic rings. The molecule has 0 aliphatic carbocycles. The van der Waals surface area contributed by atoms with Crippen LogP contribution >= 0.6 is 0 Å². The van der Waals surface area contributed by atoms with Crippen molar-refractivity contribution in [3.8, 4) is 17.7 Å². The quantitative estimate of drug-likeness (QED) is 0.569. The number of carbonyl (C=O) groups excluding carboxylic acids is 1. The van der Waals surface area contributed by atoms with E-state index >= 15 is 0 Å². The van der Waals surface area contributed by atoms with Gasteiger partial charge in [0.25, 0.3) is 0 Å². The lowest BCUT2D eigenvalue weighted by molar-refractivity contribution is -0.132. The minimum Gasteiger partial charge on any atom is -0.473 e. The van der Waals surface area contributed by atoms with E-state index in [0.717, 1.165) is 5.56 Å². The maximum atomic E-state index is 11.4. The number of carbonyl (C=O) groups is 1. The molecule has 0 aliphatic heterocycles. The van der Waals surface area contributed by atoms with Crippen LogP contribution in [0.2, 0.25) is 0 Å². The van der Waals surface area contributed by atoms with Crippen molar-refractivity contribution in [1.82, 2.24) is 4.98 Å². The molecule has 0 saturated carbocycles. The van der Waals surface area contributed by atoms with Gasteiger partial charge in [-0.1, -0.05) is 30.3 Å². The summed E-state index contributed by atoms with van der Waals surface area (Å²) in [5.41, 5.74) is 7.09. The number of fused-ring (bicyclic) bond motifs is 1. The number of benzene rings is 2. The summed E-state index contributed by atoms with van der Waals surface area (Å²) >= 11 is 0. The standard InChI is InChI=1S/C19H15N3O3/c20-10-15-14-6-9-18(24-12-13-4-2-1-3-5-13)22-16(14)7-8-17(15)25-19(23)11-21/h1-9H,11-12,21H2. The lowest BCUT2D eigenvalue weighted by Crippen LogP contribution is -2.19. The van der Waals surface area contributed by atoms with Gasteiger partial charge in [0.15, 0.2) is 0 Å². The zero-order valence-corrected chi connectivity index (χ0v) is 13.3. The number of nitriles is 1. The highest BCUT2D eigenvalue weighted by atomic mass is 16.5. The van der Waals surface area contributed by atoms with E-state index in [2.05, 4.69) is 4.98 Å². The largest absolute Gasteiger partial charge is 0.473 e. The van der Waals surface area contributed by atoms with Gasteiger partial charge in [-0.2, -0.15) is 5.26 Å². The number of ether oxygens (including phenoxy) is 2. The van der Waals surface area contributed by atoms with Crippen LogP contribution in [0.4, 0.5) is 0 Å². The Morgan fingerprint density at radius 1 is 1.12 bits per heavy atom. The summed E-state index contributed by atoms with van der Waals surface area (Å²) < 4.78 is 10.8.